The monoisotopic (exact) mass is 206 g/mol. The molecule has 0 amide bonds. The quantitative estimate of drug-likeness (QED) is 0.755. The van der Waals surface area contributed by atoms with Crippen molar-refractivity contribution < 1.29 is 4.79 Å². The Morgan fingerprint density at radius 2 is 2.13 bits per heavy atom. The summed E-state index contributed by atoms with van der Waals surface area (Å²) in [7, 11) is 0. The number of nitrogens with zero attached hydrogens (tertiary/aromatic N) is 2. The van der Waals surface area contributed by atoms with E-state index >= 15 is 0 Å². The van der Waals surface area contributed by atoms with E-state index in [1.165, 1.54) is 5.56 Å². The predicted octanol–water partition coefficient (Wildman–Crippen LogP) is 2.04. The van der Waals surface area contributed by atoms with E-state index in [-0.39, 0.29) is 0 Å². The molecule has 0 spiro atoms. The molecule has 0 unspecified atom stereocenters. The van der Waals surface area contributed by atoms with Crippen LogP contribution in [-0.2, 0) is 17.8 Å². The smallest absolute Gasteiger partial charge is 0.157 e. The summed E-state index contributed by atoms with van der Waals surface area (Å²) in [6.07, 6.45) is 3.16. The van der Waals surface area contributed by atoms with Crippen molar-refractivity contribution >= 4 is 5.78 Å². The van der Waals surface area contributed by atoms with E-state index in [2.05, 4.69) is 18.9 Å². The summed E-state index contributed by atoms with van der Waals surface area (Å²) in [5.41, 5.74) is 3.51. The average molecular weight is 206 g/mol. The standard InChI is InChI=1S/C12H18N2O/c1-4-11-8(2)13-14(9(11)3)7-12(15)10-5-6-10/h10H,4-7H2,1-3H3. The number of carbonyl (C=O) groups excluding carboxylic acids is 1. The molecule has 0 saturated heterocycles. The molecule has 0 radical (unpaired) electrons. The van der Waals surface area contributed by atoms with Crippen LogP contribution in [0.5, 0.6) is 0 Å². The third kappa shape index (κ3) is 1.96. The molecule has 2 rings (SSSR count). The molecule has 82 valence electrons. The van der Waals surface area contributed by atoms with Gasteiger partial charge in [-0.3, -0.25) is 9.48 Å². The molecule has 3 heteroatoms. The van der Waals surface area contributed by atoms with Gasteiger partial charge in [0.15, 0.2) is 5.78 Å². The Hall–Kier alpha value is -1.12. The van der Waals surface area contributed by atoms with Crippen molar-refractivity contribution in [3.63, 3.8) is 0 Å². The fourth-order valence-corrected chi connectivity index (χ4v) is 2.08. The first kappa shape index (κ1) is 10.4. The van der Waals surface area contributed by atoms with Gasteiger partial charge in [-0.2, -0.15) is 5.10 Å². The van der Waals surface area contributed by atoms with Crippen molar-refractivity contribution in [2.75, 3.05) is 0 Å². The summed E-state index contributed by atoms with van der Waals surface area (Å²) in [6, 6.07) is 0. The lowest BCUT2D eigenvalue weighted by atomic mass is 10.1. The molecular weight excluding hydrogens is 188 g/mol. The zero-order valence-corrected chi connectivity index (χ0v) is 9.71. The van der Waals surface area contributed by atoms with Gasteiger partial charge >= 0.3 is 0 Å². The molecule has 1 aromatic heterocycles. The minimum atomic E-state index is 0.332. The summed E-state index contributed by atoms with van der Waals surface area (Å²) in [4.78, 5) is 11.7. The van der Waals surface area contributed by atoms with Crippen LogP contribution in [0.15, 0.2) is 0 Å². The first-order valence-corrected chi connectivity index (χ1v) is 5.69. The van der Waals surface area contributed by atoms with Crippen LogP contribution in [-0.4, -0.2) is 15.6 Å². The van der Waals surface area contributed by atoms with Crippen LogP contribution in [0.25, 0.3) is 0 Å². The van der Waals surface area contributed by atoms with Gasteiger partial charge in [0.25, 0.3) is 0 Å². The molecular formula is C12H18N2O. The molecule has 1 aliphatic carbocycles. The third-order valence-corrected chi connectivity index (χ3v) is 3.22. The SMILES string of the molecule is CCc1c(C)nn(CC(=O)C2CC2)c1C. The van der Waals surface area contributed by atoms with Gasteiger partial charge < -0.3 is 0 Å². The van der Waals surface area contributed by atoms with Gasteiger partial charge in [-0.1, -0.05) is 6.92 Å². The number of Topliss-reactive ketones (excluding diaryl/α,β-unsaturated/α-hetero) is 1. The third-order valence-electron chi connectivity index (χ3n) is 3.22. The van der Waals surface area contributed by atoms with E-state index in [4.69, 9.17) is 0 Å². The number of ketones is 1. The largest absolute Gasteiger partial charge is 0.297 e. The van der Waals surface area contributed by atoms with Gasteiger partial charge in [0.05, 0.1) is 5.69 Å². The van der Waals surface area contributed by atoms with Gasteiger partial charge in [-0.05, 0) is 38.7 Å². The second kappa shape index (κ2) is 3.80. The highest BCUT2D eigenvalue weighted by Gasteiger charge is 2.30. The van der Waals surface area contributed by atoms with Crippen molar-refractivity contribution in [3.05, 3.63) is 17.0 Å². The Morgan fingerprint density at radius 3 is 2.60 bits per heavy atom. The lowest BCUT2D eigenvalue weighted by Crippen LogP contribution is -2.14. The number of aromatic nitrogens is 2. The van der Waals surface area contributed by atoms with Crippen LogP contribution in [0.3, 0.4) is 0 Å². The topological polar surface area (TPSA) is 34.9 Å². The van der Waals surface area contributed by atoms with Crippen LogP contribution >= 0.6 is 0 Å². The van der Waals surface area contributed by atoms with Gasteiger partial charge in [-0.25, -0.2) is 0 Å². The summed E-state index contributed by atoms with van der Waals surface area (Å²) in [5, 5.41) is 4.43. The maximum Gasteiger partial charge on any atom is 0.157 e. The number of hydrogen-bond acceptors (Lipinski definition) is 2. The molecule has 0 N–H and O–H groups in total. The fourth-order valence-electron chi connectivity index (χ4n) is 2.08. The molecule has 0 aromatic carbocycles. The summed E-state index contributed by atoms with van der Waals surface area (Å²) in [6.45, 7) is 6.67. The molecule has 15 heavy (non-hydrogen) atoms. The number of carbonyl (C=O) groups is 1. The molecule has 1 saturated carbocycles. The van der Waals surface area contributed by atoms with E-state index in [0.717, 1.165) is 30.7 Å². The van der Waals surface area contributed by atoms with Gasteiger partial charge in [0.1, 0.15) is 6.54 Å². The second-order valence-electron chi connectivity index (χ2n) is 4.40. The first-order valence-electron chi connectivity index (χ1n) is 5.69. The number of rotatable bonds is 4. The molecule has 0 atom stereocenters. The summed E-state index contributed by atoms with van der Waals surface area (Å²) in [5.74, 6) is 0.683. The molecule has 0 aliphatic heterocycles. The second-order valence-corrected chi connectivity index (χ2v) is 4.40. The van der Waals surface area contributed by atoms with Crippen molar-refractivity contribution in [1.82, 2.24) is 9.78 Å². The van der Waals surface area contributed by atoms with Crippen molar-refractivity contribution in [2.45, 2.75) is 46.6 Å². The van der Waals surface area contributed by atoms with Crippen molar-refractivity contribution in [1.29, 1.82) is 0 Å². The van der Waals surface area contributed by atoms with E-state index in [1.54, 1.807) is 0 Å². The highest BCUT2D eigenvalue weighted by molar-refractivity contribution is 5.82. The van der Waals surface area contributed by atoms with E-state index in [0.29, 0.717) is 18.2 Å². The maximum absolute atomic E-state index is 11.7. The minimum Gasteiger partial charge on any atom is -0.297 e. The van der Waals surface area contributed by atoms with Crippen LogP contribution in [0.4, 0.5) is 0 Å². The zero-order valence-electron chi connectivity index (χ0n) is 9.71. The molecule has 3 nitrogen and oxygen atoms in total. The molecule has 1 aromatic rings. The Morgan fingerprint density at radius 1 is 1.47 bits per heavy atom. The maximum atomic E-state index is 11.7. The van der Waals surface area contributed by atoms with E-state index in [1.807, 2.05) is 11.6 Å². The van der Waals surface area contributed by atoms with Crippen molar-refractivity contribution in [3.8, 4) is 0 Å². The summed E-state index contributed by atoms with van der Waals surface area (Å²) >= 11 is 0. The lowest BCUT2D eigenvalue weighted by Gasteiger charge is -2.03. The number of aryl methyl sites for hydroxylation is 1. The van der Waals surface area contributed by atoms with Crippen molar-refractivity contribution in [2.24, 2.45) is 5.92 Å². The fraction of sp³-hybridized carbons (Fsp3) is 0.667. The number of hydrogen-bond donors (Lipinski definition) is 0. The predicted molar refractivity (Wildman–Crippen MR) is 58.8 cm³/mol. The van der Waals surface area contributed by atoms with Gasteiger partial charge in [0, 0.05) is 11.6 Å². The highest BCUT2D eigenvalue weighted by atomic mass is 16.1. The van der Waals surface area contributed by atoms with Crippen LogP contribution in [0, 0.1) is 19.8 Å². The van der Waals surface area contributed by atoms with Gasteiger partial charge in [0.2, 0.25) is 0 Å². The lowest BCUT2D eigenvalue weighted by molar-refractivity contribution is -0.121. The Balaban J connectivity index is 2.17. The molecule has 0 bridgehead atoms. The van der Waals surface area contributed by atoms with E-state index < -0.39 is 0 Å². The van der Waals surface area contributed by atoms with Crippen LogP contribution < -0.4 is 0 Å². The van der Waals surface area contributed by atoms with Crippen LogP contribution in [0.2, 0.25) is 0 Å². The molecule has 1 aliphatic rings. The minimum absolute atomic E-state index is 0.332. The van der Waals surface area contributed by atoms with Crippen LogP contribution in [0.1, 0.15) is 36.7 Å². The average Bonchev–Trinajstić information content (AvgIpc) is 2.97. The highest BCUT2D eigenvalue weighted by Crippen LogP contribution is 2.30. The Kier molecular flexibility index (Phi) is 2.63. The molecule has 1 heterocycles. The Bertz CT molecular complexity index is 389. The normalized spacial score (nSPS) is 15.7. The zero-order chi connectivity index (χ0) is 11.0. The summed E-state index contributed by atoms with van der Waals surface area (Å²) < 4.78 is 1.87. The molecule has 1 fully saturated rings. The Labute approximate surface area is 90.5 Å². The first-order chi connectivity index (χ1) is 7.13. The van der Waals surface area contributed by atoms with E-state index in [9.17, 15) is 4.79 Å². The van der Waals surface area contributed by atoms with Gasteiger partial charge in [-0.15, -0.1) is 0 Å².